The summed E-state index contributed by atoms with van der Waals surface area (Å²) in [6, 6.07) is 3.63. The summed E-state index contributed by atoms with van der Waals surface area (Å²) in [5.41, 5.74) is 0.565. The molecule has 0 radical (unpaired) electrons. The molecule has 1 atom stereocenters. The zero-order valence-corrected chi connectivity index (χ0v) is 12.7. The van der Waals surface area contributed by atoms with Crippen molar-refractivity contribution in [3.8, 4) is 0 Å². The highest BCUT2D eigenvalue weighted by molar-refractivity contribution is 6.35. The maximum atomic E-state index is 11.9. The molecule has 0 aliphatic carbocycles. The summed E-state index contributed by atoms with van der Waals surface area (Å²) in [4.78, 5) is 22.9. The van der Waals surface area contributed by atoms with Crippen LogP contribution in [0, 0.1) is 0 Å². The van der Waals surface area contributed by atoms with Gasteiger partial charge in [-0.25, -0.2) is 4.79 Å². The fourth-order valence-corrected chi connectivity index (χ4v) is 2.00. The minimum absolute atomic E-state index is 0.0404. The Morgan fingerprint density at radius 3 is 2.71 bits per heavy atom. The number of hydrogen-bond donors (Lipinski definition) is 2. The zero-order chi connectivity index (χ0) is 15.8. The first-order valence-corrected chi connectivity index (χ1v) is 6.84. The quantitative estimate of drug-likeness (QED) is 0.566. The van der Waals surface area contributed by atoms with Crippen molar-refractivity contribution in [2.45, 2.75) is 12.5 Å². The average molecular weight is 332 g/mol. The van der Waals surface area contributed by atoms with Crippen LogP contribution in [0.3, 0.4) is 0 Å². The number of carbonyl (C=O) groups is 2. The molecule has 1 aromatic carbocycles. The molecule has 0 aliphatic rings. The zero-order valence-electron chi connectivity index (χ0n) is 11.1. The van der Waals surface area contributed by atoms with Gasteiger partial charge in [0.05, 0.1) is 19.6 Å². The third-order valence-corrected chi connectivity index (χ3v) is 3.11. The standard InChI is InChI=1S/C14H15Cl2NO4/c1-2-5-21-8-12(14(19)20)17-13(18)6-9-3-4-10(15)7-11(9)16/h2-4,7,12H,1,5-6,8H2,(H,17,18)(H,19,20). The van der Waals surface area contributed by atoms with Gasteiger partial charge in [0.2, 0.25) is 5.91 Å². The Morgan fingerprint density at radius 2 is 2.14 bits per heavy atom. The number of ether oxygens (including phenoxy) is 1. The van der Waals surface area contributed by atoms with E-state index in [0.717, 1.165) is 0 Å². The normalized spacial score (nSPS) is 11.7. The average Bonchev–Trinajstić information content (AvgIpc) is 2.41. The Hall–Kier alpha value is -1.56. The van der Waals surface area contributed by atoms with Crippen LogP contribution in [-0.4, -0.2) is 36.2 Å². The number of amides is 1. The monoisotopic (exact) mass is 331 g/mol. The predicted molar refractivity (Wildman–Crippen MR) is 80.7 cm³/mol. The summed E-state index contributed by atoms with van der Waals surface area (Å²) in [6.07, 6.45) is 1.45. The highest BCUT2D eigenvalue weighted by Gasteiger charge is 2.20. The van der Waals surface area contributed by atoms with Crippen molar-refractivity contribution in [1.29, 1.82) is 0 Å². The van der Waals surface area contributed by atoms with Gasteiger partial charge in [0, 0.05) is 10.0 Å². The highest BCUT2D eigenvalue weighted by Crippen LogP contribution is 2.21. The van der Waals surface area contributed by atoms with Gasteiger partial charge in [-0.3, -0.25) is 4.79 Å². The van der Waals surface area contributed by atoms with Crippen LogP contribution in [0.1, 0.15) is 5.56 Å². The van der Waals surface area contributed by atoms with Gasteiger partial charge in [-0.2, -0.15) is 0 Å². The van der Waals surface area contributed by atoms with Crippen LogP contribution in [0.2, 0.25) is 10.0 Å². The molecule has 21 heavy (non-hydrogen) atoms. The van der Waals surface area contributed by atoms with E-state index >= 15 is 0 Å². The molecule has 7 heteroatoms. The smallest absolute Gasteiger partial charge is 0.328 e. The number of nitrogens with one attached hydrogen (secondary N) is 1. The van der Waals surface area contributed by atoms with Crippen LogP contribution >= 0.6 is 23.2 Å². The Balaban J connectivity index is 2.60. The van der Waals surface area contributed by atoms with Crippen molar-refractivity contribution in [2.24, 2.45) is 0 Å². The van der Waals surface area contributed by atoms with Crippen LogP contribution in [0.15, 0.2) is 30.9 Å². The molecule has 114 valence electrons. The summed E-state index contributed by atoms with van der Waals surface area (Å²) < 4.78 is 5.04. The van der Waals surface area contributed by atoms with E-state index in [2.05, 4.69) is 11.9 Å². The van der Waals surface area contributed by atoms with E-state index in [4.69, 9.17) is 33.0 Å². The molecule has 5 nitrogen and oxygen atoms in total. The van der Waals surface area contributed by atoms with Crippen LogP contribution in [-0.2, 0) is 20.7 Å². The number of carboxylic acid groups (broad SMARTS) is 1. The minimum Gasteiger partial charge on any atom is -0.480 e. The van der Waals surface area contributed by atoms with Crippen molar-refractivity contribution in [3.63, 3.8) is 0 Å². The predicted octanol–water partition coefficient (Wildman–Crippen LogP) is 2.31. The third kappa shape index (κ3) is 6.16. The second-order valence-electron chi connectivity index (χ2n) is 4.20. The summed E-state index contributed by atoms with van der Waals surface area (Å²) >= 11 is 11.7. The summed E-state index contributed by atoms with van der Waals surface area (Å²) in [5, 5.41) is 12.2. The summed E-state index contributed by atoms with van der Waals surface area (Å²) in [5.74, 6) is -1.64. The van der Waals surface area contributed by atoms with Gasteiger partial charge < -0.3 is 15.2 Å². The van der Waals surface area contributed by atoms with E-state index in [0.29, 0.717) is 15.6 Å². The van der Waals surface area contributed by atoms with Gasteiger partial charge in [-0.05, 0) is 17.7 Å². The second-order valence-corrected chi connectivity index (χ2v) is 5.04. The molecule has 0 saturated carbocycles. The maximum Gasteiger partial charge on any atom is 0.328 e. The van der Waals surface area contributed by atoms with E-state index in [1.165, 1.54) is 12.1 Å². The molecule has 0 heterocycles. The number of hydrogen-bond acceptors (Lipinski definition) is 3. The Morgan fingerprint density at radius 1 is 1.43 bits per heavy atom. The number of halogens is 2. The molecule has 0 aliphatic heterocycles. The van der Waals surface area contributed by atoms with Crippen LogP contribution in [0.5, 0.6) is 0 Å². The maximum absolute atomic E-state index is 11.9. The molecular weight excluding hydrogens is 317 g/mol. The molecule has 1 aromatic rings. The molecule has 2 N–H and O–H groups in total. The first-order chi connectivity index (χ1) is 9.93. The van der Waals surface area contributed by atoms with Crippen LogP contribution in [0.25, 0.3) is 0 Å². The second kappa shape index (κ2) is 8.67. The van der Waals surface area contributed by atoms with Crippen molar-refractivity contribution < 1.29 is 19.4 Å². The molecule has 0 fully saturated rings. The van der Waals surface area contributed by atoms with Crippen molar-refractivity contribution >= 4 is 35.1 Å². The molecule has 1 amide bonds. The number of benzene rings is 1. The van der Waals surface area contributed by atoms with Crippen molar-refractivity contribution in [1.82, 2.24) is 5.32 Å². The van der Waals surface area contributed by atoms with Gasteiger partial charge in [-0.15, -0.1) is 6.58 Å². The first kappa shape index (κ1) is 17.5. The summed E-state index contributed by atoms with van der Waals surface area (Å²) in [7, 11) is 0. The lowest BCUT2D eigenvalue weighted by molar-refractivity contribution is -0.143. The number of carboxylic acids is 1. The van der Waals surface area contributed by atoms with Crippen LogP contribution in [0.4, 0.5) is 0 Å². The SMILES string of the molecule is C=CCOCC(NC(=O)Cc1ccc(Cl)cc1Cl)C(=O)O. The van der Waals surface area contributed by atoms with Gasteiger partial charge >= 0.3 is 5.97 Å². The fourth-order valence-electron chi connectivity index (χ4n) is 1.53. The molecule has 1 rings (SSSR count). The lowest BCUT2D eigenvalue weighted by Crippen LogP contribution is -2.44. The largest absolute Gasteiger partial charge is 0.480 e. The molecule has 0 saturated heterocycles. The third-order valence-electron chi connectivity index (χ3n) is 2.52. The van der Waals surface area contributed by atoms with Crippen LogP contribution < -0.4 is 5.32 Å². The summed E-state index contributed by atoms with van der Waals surface area (Å²) in [6.45, 7) is 3.52. The topological polar surface area (TPSA) is 75.6 Å². The molecule has 1 unspecified atom stereocenters. The molecule has 0 bridgehead atoms. The molecule has 0 aromatic heterocycles. The van der Waals surface area contributed by atoms with Gasteiger partial charge in [0.1, 0.15) is 0 Å². The fraction of sp³-hybridized carbons (Fsp3) is 0.286. The molecule has 0 spiro atoms. The number of rotatable bonds is 8. The van der Waals surface area contributed by atoms with Gasteiger partial charge in [-0.1, -0.05) is 35.3 Å². The van der Waals surface area contributed by atoms with Gasteiger partial charge in [0.15, 0.2) is 6.04 Å². The number of carbonyl (C=O) groups excluding carboxylic acids is 1. The van der Waals surface area contributed by atoms with E-state index in [1.54, 1.807) is 12.1 Å². The van der Waals surface area contributed by atoms with E-state index in [9.17, 15) is 9.59 Å². The van der Waals surface area contributed by atoms with E-state index in [-0.39, 0.29) is 19.6 Å². The minimum atomic E-state index is -1.17. The van der Waals surface area contributed by atoms with E-state index < -0.39 is 17.9 Å². The van der Waals surface area contributed by atoms with E-state index in [1.807, 2.05) is 0 Å². The Bertz CT molecular complexity index is 534. The lowest BCUT2D eigenvalue weighted by atomic mass is 10.1. The Kier molecular flexibility index (Phi) is 7.22. The van der Waals surface area contributed by atoms with Gasteiger partial charge in [0.25, 0.3) is 0 Å². The van der Waals surface area contributed by atoms with Crippen molar-refractivity contribution in [3.05, 3.63) is 46.5 Å². The molecular formula is C14H15Cl2NO4. The highest BCUT2D eigenvalue weighted by atomic mass is 35.5. The first-order valence-electron chi connectivity index (χ1n) is 6.08. The van der Waals surface area contributed by atoms with Crippen molar-refractivity contribution in [2.75, 3.05) is 13.2 Å². The lowest BCUT2D eigenvalue weighted by Gasteiger charge is -2.14. The number of aliphatic carboxylic acids is 1. The Labute approximate surface area is 132 Å².